The molecule has 0 N–H and O–H groups in total. The molecule has 4 heteroatoms. The molecule has 0 aliphatic carbocycles. The number of aryl methyl sites for hydroxylation is 4. The molecule has 0 fully saturated rings. The van der Waals surface area contributed by atoms with Crippen LogP contribution in [0.15, 0.2) is 218 Å². The minimum Gasteiger partial charge on any atom is -0.309 e. The van der Waals surface area contributed by atoms with E-state index in [2.05, 4.69) is 256 Å². The number of nitrogens with zero attached hydrogens (tertiary/aromatic N) is 2. The number of para-hydroxylation sites is 2. The molecule has 0 atom stereocenters. The second kappa shape index (κ2) is 16.7. The molecule has 0 unspecified atom stereocenters. The molecule has 2 heterocycles. The van der Waals surface area contributed by atoms with Crippen LogP contribution in [0.4, 0.5) is 34.1 Å². The van der Waals surface area contributed by atoms with Crippen molar-refractivity contribution in [2.45, 2.75) is 27.7 Å². The van der Waals surface area contributed by atoms with Crippen LogP contribution in [0.2, 0.25) is 0 Å². The highest BCUT2D eigenvalue weighted by Gasteiger charge is 2.25. The van der Waals surface area contributed by atoms with E-state index in [4.69, 9.17) is 0 Å². The van der Waals surface area contributed by atoms with Gasteiger partial charge in [-0.2, -0.15) is 0 Å². The van der Waals surface area contributed by atoms with Crippen LogP contribution >= 0.6 is 22.7 Å². The van der Waals surface area contributed by atoms with Crippen LogP contribution in [0.5, 0.6) is 0 Å². The smallest absolute Gasteiger partial charge is 0.0540 e. The van der Waals surface area contributed by atoms with Gasteiger partial charge in [0.15, 0.2) is 0 Å². The Kier molecular flexibility index (Phi) is 9.86. The zero-order valence-electron chi connectivity index (χ0n) is 40.5. The third kappa shape index (κ3) is 6.60. The first-order chi connectivity index (χ1) is 35.4. The van der Waals surface area contributed by atoms with E-state index in [-0.39, 0.29) is 0 Å². The quantitative estimate of drug-likeness (QED) is 0.140. The standard InChI is InChI=1S/C68H48N2S2/c1-41-15-9-16-42(2)65(41)69(49-21-11-19-47(39-49)51-25-13-27-55-53-23-5-7-29-61(53)71-67(51)55)59-37-33-45-32-36-58-60(38-34-46-31-35-57(59)63(45)64(46)58)70(66-43(3)17-10-18-44(66)4)50-22-12-20-48(40-50)52-26-14-28-56-54-24-6-8-30-62(54)72-68(52)56/h5-40H,1-4H3. The van der Waals surface area contributed by atoms with Crippen molar-refractivity contribution < 1.29 is 0 Å². The van der Waals surface area contributed by atoms with Crippen LogP contribution in [0, 0.1) is 27.7 Å². The van der Waals surface area contributed by atoms with E-state index in [0.29, 0.717) is 0 Å². The number of rotatable bonds is 8. The van der Waals surface area contributed by atoms with E-state index in [0.717, 1.165) is 22.7 Å². The summed E-state index contributed by atoms with van der Waals surface area (Å²) in [4.78, 5) is 5.05. The van der Waals surface area contributed by atoms with Gasteiger partial charge in [0.05, 0.1) is 22.7 Å². The molecular formula is C68H48N2S2. The Bertz CT molecular complexity index is 4150. The predicted octanol–water partition coefficient (Wildman–Crippen LogP) is 20.8. The molecule has 14 rings (SSSR count). The van der Waals surface area contributed by atoms with Crippen LogP contribution in [-0.2, 0) is 0 Å². The minimum absolute atomic E-state index is 1.13. The summed E-state index contributed by atoms with van der Waals surface area (Å²) in [5.41, 5.74) is 16.9. The van der Waals surface area contributed by atoms with Crippen LogP contribution in [-0.4, -0.2) is 0 Å². The largest absolute Gasteiger partial charge is 0.309 e. The molecule has 0 saturated heterocycles. The number of fused-ring (bicyclic) bond motifs is 6. The van der Waals surface area contributed by atoms with Gasteiger partial charge >= 0.3 is 0 Å². The average Bonchev–Trinajstić information content (AvgIpc) is 3.99. The van der Waals surface area contributed by atoms with Crippen molar-refractivity contribution in [3.63, 3.8) is 0 Å². The van der Waals surface area contributed by atoms with Gasteiger partial charge in [-0.15, -0.1) is 22.7 Å². The molecule has 72 heavy (non-hydrogen) atoms. The summed E-state index contributed by atoms with van der Waals surface area (Å²) in [7, 11) is 0. The third-order valence-corrected chi connectivity index (χ3v) is 17.5. The van der Waals surface area contributed by atoms with Crippen LogP contribution in [0.25, 0.3) is 94.9 Å². The van der Waals surface area contributed by atoms with Gasteiger partial charge in [-0.05, 0) is 142 Å². The van der Waals surface area contributed by atoms with Gasteiger partial charge < -0.3 is 9.80 Å². The van der Waals surface area contributed by atoms with Gasteiger partial charge in [0.1, 0.15) is 0 Å². The maximum absolute atomic E-state index is 2.53. The first-order valence-corrected chi connectivity index (χ1v) is 26.5. The van der Waals surface area contributed by atoms with Crippen LogP contribution in [0.1, 0.15) is 22.3 Å². The van der Waals surface area contributed by atoms with Crippen molar-refractivity contribution in [3.8, 4) is 22.3 Å². The van der Waals surface area contributed by atoms with Crippen molar-refractivity contribution in [1.29, 1.82) is 0 Å². The summed E-state index contributed by atoms with van der Waals surface area (Å²) in [6, 6.07) is 81.7. The SMILES string of the molecule is Cc1cccc(C)c1N(c1cccc(-c2cccc3c2sc2ccccc23)c1)c1ccc2ccc3c(N(c4cccc(-c5cccc6c5sc5ccccc56)c4)c4c(C)cccc4C)ccc4ccc1c2c43. The normalized spacial score (nSPS) is 11.9. The lowest BCUT2D eigenvalue weighted by atomic mass is 9.91. The van der Waals surface area contributed by atoms with E-state index >= 15 is 0 Å². The van der Waals surface area contributed by atoms with Crippen LogP contribution < -0.4 is 9.80 Å². The van der Waals surface area contributed by atoms with Crippen molar-refractivity contribution >= 4 is 129 Å². The Morgan fingerprint density at radius 1 is 0.306 bits per heavy atom. The first-order valence-electron chi connectivity index (χ1n) is 24.8. The van der Waals surface area contributed by atoms with Crippen molar-refractivity contribution in [2.75, 3.05) is 9.80 Å². The van der Waals surface area contributed by atoms with Crippen molar-refractivity contribution in [2.24, 2.45) is 0 Å². The maximum atomic E-state index is 2.53. The van der Waals surface area contributed by atoms with E-state index in [1.54, 1.807) is 0 Å². The second-order valence-corrected chi connectivity index (χ2v) is 21.5. The summed E-state index contributed by atoms with van der Waals surface area (Å²) in [5.74, 6) is 0. The molecule has 0 saturated carbocycles. The summed E-state index contributed by atoms with van der Waals surface area (Å²) in [6.07, 6.45) is 0. The number of benzene rings is 12. The average molecular weight is 957 g/mol. The van der Waals surface area contributed by atoms with E-state index < -0.39 is 0 Å². The topological polar surface area (TPSA) is 6.48 Å². The number of anilines is 6. The summed E-state index contributed by atoms with van der Waals surface area (Å²) in [6.45, 7) is 9.00. The summed E-state index contributed by atoms with van der Waals surface area (Å²) < 4.78 is 5.28. The highest BCUT2D eigenvalue weighted by molar-refractivity contribution is 7.26. The maximum Gasteiger partial charge on any atom is 0.0540 e. The fraction of sp³-hybridized carbons (Fsp3) is 0.0588. The summed E-state index contributed by atoms with van der Waals surface area (Å²) in [5, 5.41) is 12.7. The molecule has 0 aliphatic heterocycles. The van der Waals surface area contributed by atoms with E-state index in [1.165, 1.54) is 129 Å². The predicted molar refractivity (Wildman–Crippen MR) is 315 cm³/mol. The molecule has 0 bridgehead atoms. The van der Waals surface area contributed by atoms with Crippen molar-refractivity contribution in [1.82, 2.24) is 0 Å². The van der Waals surface area contributed by atoms with Gasteiger partial charge in [-0.25, -0.2) is 0 Å². The molecule has 2 aromatic heterocycles. The van der Waals surface area contributed by atoms with E-state index in [9.17, 15) is 0 Å². The Hall–Kier alpha value is -8.28. The minimum atomic E-state index is 1.13. The van der Waals surface area contributed by atoms with Gasteiger partial charge in [0.2, 0.25) is 0 Å². The Morgan fingerprint density at radius 2 is 0.681 bits per heavy atom. The number of hydrogen-bond donors (Lipinski definition) is 0. The lowest BCUT2D eigenvalue weighted by Crippen LogP contribution is -2.14. The lowest BCUT2D eigenvalue weighted by Gasteiger charge is -2.32. The molecule has 0 radical (unpaired) electrons. The fourth-order valence-electron chi connectivity index (χ4n) is 11.8. The zero-order chi connectivity index (χ0) is 48.2. The van der Waals surface area contributed by atoms with Gasteiger partial charge in [-0.1, -0.05) is 170 Å². The number of hydrogen-bond acceptors (Lipinski definition) is 4. The molecule has 12 aromatic carbocycles. The molecule has 0 spiro atoms. The molecule has 14 aromatic rings. The van der Waals surface area contributed by atoms with Gasteiger partial charge in [0.25, 0.3) is 0 Å². The third-order valence-electron chi connectivity index (χ3n) is 15.1. The Labute approximate surface area is 427 Å². The fourth-order valence-corrected chi connectivity index (χ4v) is 14.3. The van der Waals surface area contributed by atoms with Crippen molar-refractivity contribution in [3.05, 3.63) is 241 Å². The summed E-state index contributed by atoms with van der Waals surface area (Å²) >= 11 is 3.77. The molecule has 0 aliphatic rings. The van der Waals surface area contributed by atoms with Crippen LogP contribution in [0.3, 0.4) is 0 Å². The lowest BCUT2D eigenvalue weighted by molar-refractivity contribution is 1.23. The molecule has 0 amide bonds. The second-order valence-electron chi connectivity index (χ2n) is 19.4. The molecule has 2 nitrogen and oxygen atoms in total. The van der Waals surface area contributed by atoms with Gasteiger partial charge in [0, 0.05) is 62.5 Å². The molecular weight excluding hydrogens is 909 g/mol. The number of thiophene rings is 2. The Balaban J connectivity index is 0.977. The monoisotopic (exact) mass is 956 g/mol. The highest BCUT2D eigenvalue weighted by atomic mass is 32.1. The Morgan fingerprint density at radius 3 is 1.12 bits per heavy atom. The molecule has 342 valence electrons. The highest BCUT2D eigenvalue weighted by Crippen LogP contribution is 2.51. The zero-order valence-corrected chi connectivity index (χ0v) is 42.1. The first kappa shape index (κ1) is 42.6. The van der Waals surface area contributed by atoms with Gasteiger partial charge in [-0.3, -0.25) is 0 Å². The van der Waals surface area contributed by atoms with E-state index in [1.807, 2.05) is 22.7 Å².